The average molecular weight is 467 g/mol. The topological polar surface area (TPSA) is 77.5 Å². The van der Waals surface area contributed by atoms with Crippen LogP contribution >= 0.6 is 0 Å². The van der Waals surface area contributed by atoms with Crippen LogP contribution in [0.2, 0.25) is 0 Å². The van der Waals surface area contributed by atoms with Crippen LogP contribution in [0.5, 0.6) is 28.7 Å². The Hall–Kier alpha value is -3.78. The normalized spacial score (nSPS) is 13.4. The standard InChI is InChI=1S/C26H26FNO6/c1-28(17-26(29)30)13-12-23(18-2-4-19(27)5-3-18)34-21-8-6-20(7-9-21)33-22-10-11-24-25(16-22)32-15-14-31-24/h2-11,16,23H,12-15,17H2,1H3,(H,29,30). The van der Waals surface area contributed by atoms with Gasteiger partial charge in [0.2, 0.25) is 0 Å². The molecule has 4 rings (SSSR count). The quantitative estimate of drug-likeness (QED) is 0.454. The van der Waals surface area contributed by atoms with E-state index in [0.29, 0.717) is 54.9 Å². The van der Waals surface area contributed by atoms with E-state index in [1.54, 1.807) is 54.4 Å². The van der Waals surface area contributed by atoms with E-state index in [-0.39, 0.29) is 18.5 Å². The first-order chi connectivity index (χ1) is 16.5. The Balaban J connectivity index is 1.42. The Morgan fingerprint density at radius 3 is 2.32 bits per heavy atom. The van der Waals surface area contributed by atoms with Crippen LogP contribution < -0.4 is 18.9 Å². The SMILES string of the molecule is CN(CCC(Oc1ccc(Oc2ccc3c(c2)OCCO3)cc1)c1ccc(F)cc1)CC(=O)O. The molecular weight excluding hydrogens is 441 g/mol. The van der Waals surface area contributed by atoms with Gasteiger partial charge in [0, 0.05) is 19.0 Å². The maximum absolute atomic E-state index is 13.4. The number of benzene rings is 3. The van der Waals surface area contributed by atoms with Crippen molar-refractivity contribution >= 4 is 5.97 Å². The van der Waals surface area contributed by atoms with E-state index in [1.165, 1.54) is 12.1 Å². The molecule has 0 aliphatic carbocycles. The molecule has 0 spiro atoms. The summed E-state index contributed by atoms with van der Waals surface area (Å²) in [6.45, 7) is 1.47. The summed E-state index contributed by atoms with van der Waals surface area (Å²) in [7, 11) is 1.74. The number of hydrogen-bond acceptors (Lipinski definition) is 6. The van der Waals surface area contributed by atoms with Gasteiger partial charge in [-0.3, -0.25) is 9.69 Å². The highest BCUT2D eigenvalue weighted by Crippen LogP contribution is 2.35. The van der Waals surface area contributed by atoms with Crippen molar-refractivity contribution < 1.29 is 33.2 Å². The molecule has 0 saturated heterocycles. The van der Waals surface area contributed by atoms with Crippen LogP contribution in [0.15, 0.2) is 66.7 Å². The third kappa shape index (κ3) is 6.39. The van der Waals surface area contributed by atoms with Gasteiger partial charge in [-0.2, -0.15) is 0 Å². The lowest BCUT2D eigenvalue weighted by atomic mass is 10.1. The highest BCUT2D eigenvalue weighted by atomic mass is 19.1. The second-order valence-corrected chi connectivity index (χ2v) is 7.96. The molecule has 8 heteroatoms. The lowest BCUT2D eigenvalue weighted by molar-refractivity contribution is -0.138. The molecule has 0 aromatic heterocycles. The molecule has 0 fully saturated rings. The Bertz CT molecular complexity index is 1100. The predicted molar refractivity (Wildman–Crippen MR) is 123 cm³/mol. The van der Waals surface area contributed by atoms with E-state index in [0.717, 1.165) is 5.56 Å². The molecule has 1 N–H and O–H groups in total. The summed E-state index contributed by atoms with van der Waals surface area (Å²) in [4.78, 5) is 12.6. The molecule has 34 heavy (non-hydrogen) atoms. The van der Waals surface area contributed by atoms with E-state index in [9.17, 15) is 9.18 Å². The Morgan fingerprint density at radius 2 is 1.62 bits per heavy atom. The van der Waals surface area contributed by atoms with Crippen molar-refractivity contribution in [3.63, 3.8) is 0 Å². The fourth-order valence-corrected chi connectivity index (χ4v) is 3.59. The molecule has 7 nitrogen and oxygen atoms in total. The van der Waals surface area contributed by atoms with Gasteiger partial charge >= 0.3 is 5.97 Å². The molecule has 3 aromatic carbocycles. The molecule has 1 aliphatic heterocycles. The van der Waals surface area contributed by atoms with E-state index >= 15 is 0 Å². The summed E-state index contributed by atoms with van der Waals surface area (Å²) < 4.78 is 36.6. The minimum Gasteiger partial charge on any atom is -0.486 e. The molecule has 1 unspecified atom stereocenters. The number of carboxylic acid groups (broad SMARTS) is 1. The first kappa shape index (κ1) is 23.4. The molecule has 1 heterocycles. The largest absolute Gasteiger partial charge is 0.486 e. The summed E-state index contributed by atoms with van der Waals surface area (Å²) in [5.74, 6) is 2.00. The highest BCUT2D eigenvalue weighted by molar-refractivity contribution is 5.69. The monoisotopic (exact) mass is 467 g/mol. The van der Waals surface area contributed by atoms with Crippen molar-refractivity contribution in [3.8, 4) is 28.7 Å². The number of halogens is 1. The number of ether oxygens (including phenoxy) is 4. The van der Waals surface area contributed by atoms with E-state index in [4.69, 9.17) is 24.1 Å². The molecule has 1 atom stereocenters. The second-order valence-electron chi connectivity index (χ2n) is 7.96. The van der Waals surface area contributed by atoms with Gasteiger partial charge in [0.15, 0.2) is 11.5 Å². The van der Waals surface area contributed by atoms with Crippen molar-refractivity contribution in [2.75, 3.05) is 33.4 Å². The summed E-state index contributed by atoms with van der Waals surface area (Å²) in [5, 5.41) is 8.98. The van der Waals surface area contributed by atoms with Gasteiger partial charge in [0.1, 0.15) is 42.4 Å². The van der Waals surface area contributed by atoms with Crippen LogP contribution in [0.3, 0.4) is 0 Å². The molecule has 0 saturated carbocycles. The van der Waals surface area contributed by atoms with Gasteiger partial charge in [-0.25, -0.2) is 4.39 Å². The van der Waals surface area contributed by atoms with Gasteiger partial charge in [-0.05, 0) is 61.1 Å². The van der Waals surface area contributed by atoms with Crippen LogP contribution in [0.1, 0.15) is 18.1 Å². The van der Waals surface area contributed by atoms with E-state index in [2.05, 4.69) is 0 Å². The van der Waals surface area contributed by atoms with Gasteiger partial charge in [0.25, 0.3) is 0 Å². The number of carboxylic acids is 1. The molecule has 178 valence electrons. The Labute approximate surface area is 197 Å². The number of hydrogen-bond donors (Lipinski definition) is 1. The van der Waals surface area contributed by atoms with Gasteiger partial charge < -0.3 is 24.1 Å². The minimum atomic E-state index is -0.893. The van der Waals surface area contributed by atoms with Crippen LogP contribution in [0.25, 0.3) is 0 Å². The lowest BCUT2D eigenvalue weighted by Crippen LogP contribution is -2.28. The molecule has 0 bridgehead atoms. The number of nitrogens with zero attached hydrogens (tertiary/aromatic N) is 1. The third-order valence-corrected chi connectivity index (χ3v) is 5.27. The average Bonchev–Trinajstić information content (AvgIpc) is 2.83. The maximum atomic E-state index is 13.4. The zero-order valence-corrected chi connectivity index (χ0v) is 18.8. The van der Waals surface area contributed by atoms with Crippen LogP contribution in [0.4, 0.5) is 4.39 Å². The lowest BCUT2D eigenvalue weighted by Gasteiger charge is -2.23. The van der Waals surface area contributed by atoms with Gasteiger partial charge in [-0.15, -0.1) is 0 Å². The fraction of sp³-hybridized carbons (Fsp3) is 0.269. The number of carbonyl (C=O) groups is 1. The molecule has 3 aromatic rings. The zero-order valence-electron chi connectivity index (χ0n) is 18.8. The second kappa shape index (κ2) is 10.9. The molecule has 0 radical (unpaired) electrons. The predicted octanol–water partition coefficient (Wildman–Crippen LogP) is 4.92. The van der Waals surface area contributed by atoms with Crippen LogP contribution in [0, 0.1) is 5.82 Å². The van der Waals surface area contributed by atoms with Crippen LogP contribution in [-0.2, 0) is 4.79 Å². The van der Waals surface area contributed by atoms with Crippen molar-refractivity contribution in [2.45, 2.75) is 12.5 Å². The van der Waals surface area contributed by atoms with Crippen molar-refractivity contribution in [3.05, 3.63) is 78.1 Å². The summed E-state index contributed by atoms with van der Waals surface area (Å²) in [6, 6.07) is 18.7. The van der Waals surface area contributed by atoms with Crippen molar-refractivity contribution in [1.29, 1.82) is 0 Å². The summed E-state index contributed by atoms with van der Waals surface area (Å²) >= 11 is 0. The fourth-order valence-electron chi connectivity index (χ4n) is 3.59. The molecule has 0 amide bonds. The summed E-state index contributed by atoms with van der Waals surface area (Å²) in [5.41, 5.74) is 0.807. The Kier molecular flexibility index (Phi) is 7.49. The first-order valence-electron chi connectivity index (χ1n) is 11.0. The maximum Gasteiger partial charge on any atom is 0.317 e. The highest BCUT2D eigenvalue weighted by Gasteiger charge is 2.17. The number of likely N-dealkylation sites (N-methyl/N-ethyl adjacent to an activating group) is 1. The van der Waals surface area contributed by atoms with Crippen molar-refractivity contribution in [2.24, 2.45) is 0 Å². The van der Waals surface area contributed by atoms with Gasteiger partial charge in [0.05, 0.1) is 6.54 Å². The first-order valence-corrected chi connectivity index (χ1v) is 11.0. The van der Waals surface area contributed by atoms with Gasteiger partial charge in [-0.1, -0.05) is 12.1 Å². The van der Waals surface area contributed by atoms with E-state index < -0.39 is 5.97 Å². The number of fused-ring (bicyclic) bond motifs is 1. The molecular formula is C26H26FNO6. The molecule has 1 aliphatic rings. The smallest absolute Gasteiger partial charge is 0.317 e. The summed E-state index contributed by atoms with van der Waals surface area (Å²) in [6.07, 6.45) is 0.159. The van der Waals surface area contributed by atoms with Crippen LogP contribution in [-0.4, -0.2) is 49.3 Å². The van der Waals surface area contributed by atoms with E-state index in [1.807, 2.05) is 12.1 Å². The Morgan fingerprint density at radius 1 is 0.971 bits per heavy atom. The minimum absolute atomic E-state index is 0.0674. The number of rotatable bonds is 10. The third-order valence-electron chi connectivity index (χ3n) is 5.27. The van der Waals surface area contributed by atoms with Crippen molar-refractivity contribution in [1.82, 2.24) is 4.90 Å². The number of aliphatic carboxylic acids is 1. The zero-order chi connectivity index (χ0) is 23.9.